The summed E-state index contributed by atoms with van der Waals surface area (Å²) < 4.78 is 10.3. The van der Waals surface area contributed by atoms with Crippen LogP contribution in [0.4, 0.5) is 0 Å². The number of rotatable bonds is 4. The van der Waals surface area contributed by atoms with Gasteiger partial charge in [0.15, 0.2) is 0 Å². The molecule has 134 valence electrons. The summed E-state index contributed by atoms with van der Waals surface area (Å²) in [5.41, 5.74) is 3.42. The summed E-state index contributed by atoms with van der Waals surface area (Å²) in [4.78, 5) is 30.2. The van der Waals surface area contributed by atoms with E-state index in [2.05, 4.69) is 19.9 Å². The number of pyridine rings is 1. The number of hydrogen-bond donors (Lipinski definition) is 1. The van der Waals surface area contributed by atoms with Gasteiger partial charge in [-0.15, -0.1) is 0 Å². The van der Waals surface area contributed by atoms with Gasteiger partial charge in [0.1, 0.15) is 5.65 Å². The number of ether oxygens (including phenoxy) is 2. The molecule has 0 saturated carbocycles. The zero-order chi connectivity index (χ0) is 17.9. The Morgan fingerprint density at radius 3 is 2.65 bits per heavy atom. The molecule has 4 rings (SSSR count). The molecule has 8 heteroatoms. The fourth-order valence-corrected chi connectivity index (χ4v) is 3.02. The maximum atomic E-state index is 12.5. The van der Waals surface area contributed by atoms with Gasteiger partial charge in [0, 0.05) is 54.4 Å². The van der Waals surface area contributed by atoms with Gasteiger partial charge in [-0.3, -0.25) is 4.79 Å². The maximum absolute atomic E-state index is 12.5. The van der Waals surface area contributed by atoms with Crippen molar-refractivity contribution in [2.24, 2.45) is 0 Å². The van der Waals surface area contributed by atoms with Crippen molar-refractivity contribution < 1.29 is 14.3 Å². The Labute approximate surface area is 150 Å². The van der Waals surface area contributed by atoms with Crippen molar-refractivity contribution in [2.45, 2.75) is 6.42 Å². The Bertz CT molecular complexity index is 916. The number of carbonyl (C=O) groups is 1. The average molecular weight is 353 g/mol. The molecule has 4 heterocycles. The lowest BCUT2D eigenvalue weighted by atomic mass is 10.1. The van der Waals surface area contributed by atoms with Crippen molar-refractivity contribution in [2.75, 3.05) is 33.4 Å². The number of amides is 1. The molecule has 1 N–H and O–H groups in total. The third kappa shape index (κ3) is 3.23. The minimum atomic E-state index is 0.104. The first kappa shape index (κ1) is 16.5. The monoisotopic (exact) mass is 353 g/mol. The minimum absolute atomic E-state index is 0.104. The molecule has 0 bridgehead atoms. The molecule has 1 aliphatic heterocycles. The van der Waals surface area contributed by atoms with E-state index in [1.54, 1.807) is 18.6 Å². The Kier molecular flexibility index (Phi) is 4.49. The van der Waals surface area contributed by atoms with E-state index >= 15 is 0 Å². The van der Waals surface area contributed by atoms with E-state index < -0.39 is 0 Å². The Hall–Kier alpha value is -3.00. The van der Waals surface area contributed by atoms with Crippen molar-refractivity contribution >= 4 is 16.9 Å². The predicted octanol–water partition coefficient (Wildman–Crippen LogP) is 1.43. The van der Waals surface area contributed by atoms with Gasteiger partial charge in [-0.25, -0.2) is 15.0 Å². The lowest BCUT2D eigenvalue weighted by Crippen LogP contribution is -2.41. The number of fused-ring (bicyclic) bond motifs is 1. The molecule has 0 atom stereocenters. The first-order valence-electron chi connectivity index (χ1n) is 8.42. The molecule has 26 heavy (non-hydrogen) atoms. The highest BCUT2D eigenvalue weighted by molar-refractivity contribution is 5.89. The van der Waals surface area contributed by atoms with Crippen LogP contribution in [0.25, 0.3) is 22.2 Å². The second kappa shape index (κ2) is 7.09. The van der Waals surface area contributed by atoms with E-state index in [0.717, 1.165) is 27.7 Å². The molecule has 1 aliphatic rings. The highest BCUT2D eigenvalue weighted by Crippen LogP contribution is 2.25. The van der Waals surface area contributed by atoms with Gasteiger partial charge >= 0.3 is 6.01 Å². The summed E-state index contributed by atoms with van der Waals surface area (Å²) in [5.74, 6) is 0.104. The summed E-state index contributed by atoms with van der Waals surface area (Å²) in [6.07, 6.45) is 7.34. The van der Waals surface area contributed by atoms with Gasteiger partial charge in [0.05, 0.1) is 26.7 Å². The third-order valence-electron chi connectivity index (χ3n) is 4.47. The van der Waals surface area contributed by atoms with Crippen LogP contribution in [0.15, 0.2) is 30.9 Å². The summed E-state index contributed by atoms with van der Waals surface area (Å²) >= 11 is 0. The average Bonchev–Trinajstić information content (AvgIpc) is 3.10. The van der Waals surface area contributed by atoms with Gasteiger partial charge in [-0.05, 0) is 11.6 Å². The maximum Gasteiger partial charge on any atom is 0.316 e. The normalized spacial score (nSPS) is 14.6. The van der Waals surface area contributed by atoms with Crippen LogP contribution >= 0.6 is 0 Å². The summed E-state index contributed by atoms with van der Waals surface area (Å²) in [6.45, 7) is 2.49. The summed E-state index contributed by atoms with van der Waals surface area (Å²) in [6, 6.07) is 2.33. The number of methoxy groups -OCH3 is 1. The fourth-order valence-electron chi connectivity index (χ4n) is 3.02. The number of carbonyl (C=O) groups excluding carboxylic acids is 1. The number of aromatic amines is 1. The molecular weight excluding hydrogens is 334 g/mol. The highest BCUT2D eigenvalue weighted by Gasteiger charge is 2.19. The predicted molar refractivity (Wildman–Crippen MR) is 94.8 cm³/mol. The topological polar surface area (TPSA) is 93.2 Å². The van der Waals surface area contributed by atoms with Gasteiger partial charge < -0.3 is 19.4 Å². The van der Waals surface area contributed by atoms with E-state index in [9.17, 15) is 4.79 Å². The summed E-state index contributed by atoms with van der Waals surface area (Å²) in [7, 11) is 1.53. The number of hydrogen-bond acceptors (Lipinski definition) is 6. The number of H-pyrrole nitrogens is 1. The zero-order valence-corrected chi connectivity index (χ0v) is 14.4. The zero-order valence-electron chi connectivity index (χ0n) is 14.4. The van der Waals surface area contributed by atoms with Crippen LogP contribution in [0.2, 0.25) is 0 Å². The van der Waals surface area contributed by atoms with Crippen LogP contribution in [0.1, 0.15) is 5.56 Å². The van der Waals surface area contributed by atoms with Crippen LogP contribution in [0, 0.1) is 0 Å². The molecule has 0 spiro atoms. The fraction of sp³-hybridized carbons (Fsp3) is 0.333. The van der Waals surface area contributed by atoms with Crippen molar-refractivity contribution in [3.05, 3.63) is 36.4 Å². The number of morpholine rings is 1. The second-order valence-corrected chi connectivity index (χ2v) is 6.06. The van der Waals surface area contributed by atoms with E-state index in [4.69, 9.17) is 9.47 Å². The third-order valence-corrected chi connectivity index (χ3v) is 4.47. The lowest BCUT2D eigenvalue weighted by Gasteiger charge is -2.26. The van der Waals surface area contributed by atoms with Crippen molar-refractivity contribution in [3.8, 4) is 17.1 Å². The standard InChI is InChI=1S/C18H19N5O3/c1-25-18-21-10-14(11-22-18)12-6-15-13(9-20-17(15)19-8-12)7-16(24)23-2-4-26-5-3-23/h6,8-11H,2-5,7H2,1H3,(H,19,20). The van der Waals surface area contributed by atoms with Crippen LogP contribution < -0.4 is 4.74 Å². The van der Waals surface area contributed by atoms with E-state index in [1.807, 2.05) is 17.2 Å². The molecule has 8 nitrogen and oxygen atoms in total. The van der Waals surface area contributed by atoms with Crippen LogP contribution in [0.3, 0.4) is 0 Å². The van der Waals surface area contributed by atoms with Crippen LogP contribution in [0.5, 0.6) is 6.01 Å². The lowest BCUT2D eigenvalue weighted by molar-refractivity contribution is -0.134. The van der Waals surface area contributed by atoms with Crippen molar-refractivity contribution in [3.63, 3.8) is 0 Å². The highest BCUT2D eigenvalue weighted by atomic mass is 16.5. The molecule has 0 aromatic carbocycles. The Balaban J connectivity index is 1.60. The molecule has 0 unspecified atom stereocenters. The molecule has 1 amide bonds. The van der Waals surface area contributed by atoms with E-state index in [-0.39, 0.29) is 5.91 Å². The minimum Gasteiger partial charge on any atom is -0.467 e. The van der Waals surface area contributed by atoms with Gasteiger partial charge in [-0.1, -0.05) is 0 Å². The van der Waals surface area contributed by atoms with Gasteiger partial charge in [0.2, 0.25) is 5.91 Å². The Morgan fingerprint density at radius 2 is 1.92 bits per heavy atom. The SMILES string of the molecule is COc1ncc(-c2cnc3[nH]cc(CC(=O)N4CCOCC4)c3c2)cn1. The first-order chi connectivity index (χ1) is 12.7. The Morgan fingerprint density at radius 1 is 1.19 bits per heavy atom. The van der Waals surface area contributed by atoms with Crippen molar-refractivity contribution in [1.29, 1.82) is 0 Å². The van der Waals surface area contributed by atoms with Crippen molar-refractivity contribution in [1.82, 2.24) is 24.8 Å². The molecule has 1 fully saturated rings. The number of nitrogens with one attached hydrogen (secondary N) is 1. The number of aromatic nitrogens is 4. The quantitative estimate of drug-likeness (QED) is 0.763. The smallest absolute Gasteiger partial charge is 0.316 e. The second-order valence-electron chi connectivity index (χ2n) is 6.06. The molecule has 1 saturated heterocycles. The molecule has 0 radical (unpaired) electrons. The largest absolute Gasteiger partial charge is 0.467 e. The summed E-state index contributed by atoms with van der Waals surface area (Å²) in [5, 5.41) is 0.930. The molecule has 3 aromatic heterocycles. The molecular formula is C18H19N5O3. The van der Waals surface area contributed by atoms with Crippen LogP contribution in [-0.4, -0.2) is 64.2 Å². The van der Waals surface area contributed by atoms with Gasteiger partial charge in [-0.2, -0.15) is 0 Å². The first-order valence-corrected chi connectivity index (χ1v) is 8.42. The van der Waals surface area contributed by atoms with E-state index in [0.29, 0.717) is 38.7 Å². The number of nitrogens with zero attached hydrogens (tertiary/aromatic N) is 4. The van der Waals surface area contributed by atoms with E-state index in [1.165, 1.54) is 7.11 Å². The van der Waals surface area contributed by atoms with Crippen LogP contribution in [-0.2, 0) is 16.0 Å². The molecule has 0 aliphatic carbocycles. The van der Waals surface area contributed by atoms with Gasteiger partial charge in [0.25, 0.3) is 0 Å². The molecule has 3 aromatic rings.